The molecule has 3 heterocycles. The quantitative estimate of drug-likeness (QED) is 0.0792. The maximum Gasteiger partial charge on any atom is 0.328 e. The zero-order valence-corrected chi connectivity index (χ0v) is 45.6. The van der Waals surface area contributed by atoms with Gasteiger partial charge >= 0.3 is 5.97 Å². The van der Waals surface area contributed by atoms with Gasteiger partial charge in [0.1, 0.15) is 54.6 Å². The van der Waals surface area contributed by atoms with Crippen LogP contribution in [0.25, 0.3) is 0 Å². The van der Waals surface area contributed by atoms with E-state index >= 15 is 0 Å². The van der Waals surface area contributed by atoms with Crippen molar-refractivity contribution in [2.75, 3.05) is 26.2 Å². The number of fused-ring (bicyclic) bond motifs is 2. The number of primary amides is 1. The summed E-state index contributed by atoms with van der Waals surface area (Å²) in [4.78, 5) is 169. The van der Waals surface area contributed by atoms with E-state index in [-0.39, 0.29) is 81.5 Å². The Morgan fingerprint density at radius 2 is 1.42 bits per heavy atom. The van der Waals surface area contributed by atoms with Crippen molar-refractivity contribution in [3.05, 3.63) is 29.8 Å². The first-order valence-electron chi connectivity index (χ1n) is 26.7. The molecule has 3 aliphatic rings. The van der Waals surface area contributed by atoms with Crippen LogP contribution >= 0.6 is 0 Å². The number of carbonyl (C=O) groups excluding carboxylic acids is 12. The summed E-state index contributed by atoms with van der Waals surface area (Å²) in [5, 5.41) is 28.1. The van der Waals surface area contributed by atoms with Crippen LogP contribution in [0.2, 0.25) is 0 Å². The molecule has 426 valence electrons. The Bertz CT molecular complexity index is 2330. The van der Waals surface area contributed by atoms with Gasteiger partial charge in [0.2, 0.25) is 59.1 Å². The Kier molecular flexibility index (Phi) is 23.8. The number of benzene rings is 1. The minimum Gasteiger partial charge on any atom is -0.508 e. The summed E-state index contributed by atoms with van der Waals surface area (Å²) in [6, 6.07) is -5.23. The third-order valence-corrected chi connectivity index (χ3v) is 13.8. The van der Waals surface area contributed by atoms with Crippen molar-refractivity contribution in [1.29, 1.82) is 0 Å². The second kappa shape index (κ2) is 29.4. The Morgan fingerprint density at radius 3 is 2.04 bits per heavy atom. The smallest absolute Gasteiger partial charge is 0.328 e. The molecule has 10 amide bonds. The van der Waals surface area contributed by atoms with Gasteiger partial charge in [-0.2, -0.15) is 0 Å². The van der Waals surface area contributed by atoms with Crippen LogP contribution in [-0.2, 0) is 68.7 Å². The number of aromatic hydroxyl groups is 1. The number of esters is 1. The summed E-state index contributed by atoms with van der Waals surface area (Å²) in [7, 11) is 0. The number of ether oxygens (including phenoxy) is 1. The summed E-state index contributed by atoms with van der Waals surface area (Å²) in [6.07, 6.45) is -0.0689. The van der Waals surface area contributed by atoms with Crippen molar-refractivity contribution >= 4 is 70.8 Å². The molecule has 0 unspecified atom stereocenters. The van der Waals surface area contributed by atoms with Crippen molar-refractivity contribution in [3.63, 3.8) is 0 Å². The average molecular weight is 1080 g/mol. The van der Waals surface area contributed by atoms with Crippen LogP contribution in [0, 0.1) is 23.7 Å². The van der Waals surface area contributed by atoms with E-state index in [0.717, 1.165) is 0 Å². The van der Waals surface area contributed by atoms with Crippen molar-refractivity contribution in [2.24, 2.45) is 29.4 Å². The molecule has 3 saturated heterocycles. The monoisotopic (exact) mass is 1080 g/mol. The number of phenolic OH excluding ortho intramolecular Hbond substituents is 1. The maximum atomic E-state index is 14.9. The minimum absolute atomic E-state index is 0.00411. The molecule has 1 aromatic carbocycles. The minimum atomic E-state index is -1.69. The topological polar surface area (TPSA) is 351 Å². The lowest BCUT2D eigenvalue weighted by Gasteiger charge is -2.32. The Morgan fingerprint density at radius 1 is 0.779 bits per heavy atom. The third kappa shape index (κ3) is 18.8. The van der Waals surface area contributed by atoms with Gasteiger partial charge in [-0.25, -0.2) is 4.79 Å². The highest BCUT2D eigenvalue weighted by Crippen LogP contribution is 2.26. The number of nitrogens with two attached hydrogens (primary N) is 1. The molecule has 4 rings (SSSR count). The first-order chi connectivity index (χ1) is 36.3. The van der Waals surface area contributed by atoms with E-state index in [1.54, 1.807) is 48.5 Å². The van der Waals surface area contributed by atoms with Gasteiger partial charge in [0.05, 0.1) is 25.4 Å². The van der Waals surface area contributed by atoms with E-state index in [0.29, 0.717) is 18.4 Å². The second-order valence-electron chi connectivity index (χ2n) is 21.4. The van der Waals surface area contributed by atoms with Gasteiger partial charge < -0.3 is 62.6 Å². The SMILES string of the molecule is CCCC(=O)N[C@H](C(=O)N[C@H]1COC(=O)[C@@H]2CCCN2C(=O)[C@H](Cc2ccc(O)cc2)NC(=O)[C@H](CC(N)=O)NC(=O)CNC(=O)[C@H](CC(C)C)NC(=O)CC(=O)[C@H](CC(C)C)NC(=O)[C@@H]2C[C@H](C)CN2C1=O)[C@@H](C)CC. The Balaban J connectivity index is 1.81. The molecule has 1 aromatic rings. The molecule has 10 N–H and O–H groups in total. The number of phenols is 1. The standard InChI is InChI=1S/C53H80N10O14/c1-9-12-43(67)61-46(31(8)10-2)50(73)60-38-27-77-53(76)39-13-11-18-62(39)51(74)37(22-32-14-16-33(64)17-15-32)59-48(71)36(23-42(54)66)57-45(69)25-55-47(70)35(20-29(5)6)56-44(68)24-41(65)34(19-28(3)4)58-49(72)40-21-30(7)26-63(40)52(38)75/h14-17,28-31,34-40,46,64H,9-13,18-27H2,1-8H3,(H2,54,66)(H,55,70)(H,56,68)(H,57,69)(H,58,72)(H,59,71)(H,60,73)(H,61,67)/t30-,31-,34-,35-,36-,37-,38-,39-,40-,46-/m0/s1. The number of hydrogen-bond acceptors (Lipinski definition) is 14. The highest BCUT2D eigenvalue weighted by Gasteiger charge is 2.45. The molecular formula is C53H80N10O14. The molecule has 24 heteroatoms. The number of hydrogen-bond donors (Lipinski definition) is 9. The zero-order valence-electron chi connectivity index (χ0n) is 45.6. The number of cyclic esters (lactones) is 1. The van der Waals surface area contributed by atoms with Gasteiger partial charge in [-0.05, 0) is 79.9 Å². The first kappa shape index (κ1) is 62.4. The summed E-state index contributed by atoms with van der Waals surface area (Å²) in [5.74, 6) is -11.1. The molecule has 0 radical (unpaired) electrons. The van der Waals surface area contributed by atoms with Crippen molar-refractivity contribution in [3.8, 4) is 5.75 Å². The molecule has 0 saturated carbocycles. The van der Waals surface area contributed by atoms with Crippen LogP contribution < -0.4 is 43.0 Å². The van der Waals surface area contributed by atoms with Gasteiger partial charge in [-0.3, -0.25) is 52.7 Å². The number of nitrogens with zero attached hydrogens (tertiary/aromatic N) is 2. The molecule has 3 aliphatic heterocycles. The highest BCUT2D eigenvalue weighted by molar-refractivity contribution is 6.04. The van der Waals surface area contributed by atoms with Crippen molar-refractivity contribution < 1.29 is 67.4 Å². The summed E-state index contributed by atoms with van der Waals surface area (Å²) in [6.45, 7) is 12.7. The van der Waals surface area contributed by atoms with Crippen LogP contribution in [0.3, 0.4) is 0 Å². The predicted molar refractivity (Wildman–Crippen MR) is 278 cm³/mol. The lowest BCUT2D eigenvalue weighted by atomic mass is 9.97. The van der Waals surface area contributed by atoms with E-state index in [2.05, 4.69) is 37.2 Å². The second-order valence-corrected chi connectivity index (χ2v) is 21.4. The van der Waals surface area contributed by atoms with Crippen LogP contribution in [0.4, 0.5) is 0 Å². The molecule has 24 nitrogen and oxygen atoms in total. The number of rotatable bonds is 15. The van der Waals surface area contributed by atoms with Crippen LogP contribution in [0.1, 0.15) is 125 Å². The molecule has 10 atom stereocenters. The van der Waals surface area contributed by atoms with Gasteiger partial charge in [0.25, 0.3) is 0 Å². The highest BCUT2D eigenvalue weighted by atomic mass is 16.5. The molecule has 0 aromatic heterocycles. The largest absolute Gasteiger partial charge is 0.508 e. The zero-order chi connectivity index (χ0) is 57.3. The van der Waals surface area contributed by atoms with Crippen LogP contribution in [-0.4, -0.2) is 160 Å². The van der Waals surface area contributed by atoms with E-state index < -0.39 is 151 Å². The molecule has 77 heavy (non-hydrogen) atoms. The van der Waals surface area contributed by atoms with Gasteiger partial charge in [0, 0.05) is 25.9 Å². The summed E-state index contributed by atoms with van der Waals surface area (Å²) >= 11 is 0. The van der Waals surface area contributed by atoms with E-state index in [1.165, 1.54) is 34.1 Å². The van der Waals surface area contributed by atoms with Gasteiger partial charge in [-0.1, -0.05) is 73.9 Å². The van der Waals surface area contributed by atoms with E-state index in [9.17, 15) is 62.6 Å². The van der Waals surface area contributed by atoms with E-state index in [4.69, 9.17) is 10.5 Å². The number of amides is 10. The molecule has 3 fully saturated rings. The van der Waals surface area contributed by atoms with Crippen molar-refractivity contribution in [1.82, 2.24) is 47.0 Å². The average Bonchev–Trinajstić information content (AvgIpc) is 4.02. The fourth-order valence-corrected chi connectivity index (χ4v) is 9.61. The normalized spacial score (nSPS) is 25.8. The summed E-state index contributed by atoms with van der Waals surface area (Å²) in [5.41, 5.74) is 5.94. The number of ketones is 1. The lowest BCUT2D eigenvalue weighted by Crippen LogP contribution is -2.60. The molecule has 0 aliphatic carbocycles. The molecular weight excluding hydrogens is 1000 g/mol. The molecule has 0 spiro atoms. The predicted octanol–water partition coefficient (Wildman–Crippen LogP) is -0.482. The number of Topliss-reactive ketones (excluding diaryl/α,β-unsaturated/α-hetero) is 1. The maximum absolute atomic E-state index is 14.9. The Hall–Kier alpha value is -7.14. The fourth-order valence-electron chi connectivity index (χ4n) is 9.61. The fraction of sp³-hybridized carbons (Fsp3) is 0.660. The number of nitrogens with one attached hydrogen (secondary N) is 7. The van der Waals surface area contributed by atoms with Crippen molar-refractivity contribution in [2.45, 2.75) is 174 Å². The van der Waals surface area contributed by atoms with Gasteiger partial charge in [0.15, 0.2) is 5.78 Å². The number of carbonyl (C=O) groups is 12. The Labute approximate surface area is 449 Å². The third-order valence-electron chi connectivity index (χ3n) is 13.8. The first-order valence-corrected chi connectivity index (χ1v) is 26.7. The lowest BCUT2D eigenvalue weighted by molar-refractivity contribution is -0.157. The van der Waals surface area contributed by atoms with E-state index in [1.807, 2.05) is 6.92 Å². The van der Waals surface area contributed by atoms with Crippen LogP contribution in [0.5, 0.6) is 5.75 Å². The summed E-state index contributed by atoms with van der Waals surface area (Å²) < 4.78 is 5.82. The van der Waals surface area contributed by atoms with Gasteiger partial charge in [-0.15, -0.1) is 0 Å². The van der Waals surface area contributed by atoms with Crippen LogP contribution in [0.15, 0.2) is 24.3 Å². The molecule has 0 bridgehead atoms.